The van der Waals surface area contributed by atoms with Crippen LogP contribution in [0.5, 0.6) is 0 Å². The summed E-state index contributed by atoms with van der Waals surface area (Å²) in [5.41, 5.74) is 0.893. The fourth-order valence-electron chi connectivity index (χ4n) is 3.12. The summed E-state index contributed by atoms with van der Waals surface area (Å²) in [4.78, 5) is 16.3. The number of nitrogens with zero attached hydrogens (tertiary/aromatic N) is 1. The van der Waals surface area contributed by atoms with Crippen LogP contribution in [0, 0.1) is 18.6 Å². The molecular weight excluding hydrogens is 360 g/mol. The first-order valence-corrected chi connectivity index (χ1v) is 8.95. The molecule has 1 saturated carbocycles. The van der Waals surface area contributed by atoms with Crippen LogP contribution in [0.25, 0.3) is 0 Å². The number of rotatable bonds is 4. The number of benzene rings is 1. The van der Waals surface area contributed by atoms with Crippen molar-refractivity contribution in [1.29, 1.82) is 0 Å². The van der Waals surface area contributed by atoms with Crippen LogP contribution >= 0.6 is 11.6 Å². The quantitative estimate of drug-likeness (QED) is 0.823. The van der Waals surface area contributed by atoms with Gasteiger partial charge in [0.05, 0.1) is 5.02 Å². The second-order valence-corrected chi connectivity index (χ2v) is 6.99. The van der Waals surface area contributed by atoms with Gasteiger partial charge in [0.1, 0.15) is 5.82 Å². The molecule has 0 spiro atoms. The molecule has 3 rings (SSSR count). The van der Waals surface area contributed by atoms with E-state index in [4.69, 9.17) is 11.6 Å². The van der Waals surface area contributed by atoms with E-state index in [9.17, 15) is 13.6 Å². The number of anilines is 1. The fourth-order valence-corrected chi connectivity index (χ4v) is 3.30. The molecule has 2 N–H and O–H groups in total. The zero-order valence-corrected chi connectivity index (χ0v) is 15.1. The summed E-state index contributed by atoms with van der Waals surface area (Å²) in [6, 6.07) is 5.70. The number of carbonyl (C=O) groups excluding carboxylic acids is 1. The van der Waals surface area contributed by atoms with E-state index in [1.165, 1.54) is 18.2 Å². The van der Waals surface area contributed by atoms with Crippen molar-refractivity contribution in [1.82, 2.24) is 10.3 Å². The average Bonchev–Trinajstić information content (AvgIpc) is 2.63. The van der Waals surface area contributed by atoms with Gasteiger partial charge in [0.15, 0.2) is 11.6 Å². The van der Waals surface area contributed by atoms with Gasteiger partial charge in [0.2, 0.25) is 0 Å². The standard InChI is InChI=1S/C19H20ClF2N3O/c1-11-8-9-23-18(17(11)22)24-13-3-5-14(6-4-13)25-19(26)12-2-7-16(21)15(20)10-12/h2,7-10,13-14H,3-6H2,1H3,(H,23,24)(H,25,26). The van der Waals surface area contributed by atoms with Crippen molar-refractivity contribution in [3.8, 4) is 0 Å². The maximum Gasteiger partial charge on any atom is 0.251 e. The van der Waals surface area contributed by atoms with Crippen LogP contribution in [0.1, 0.15) is 41.6 Å². The van der Waals surface area contributed by atoms with Gasteiger partial charge in [-0.15, -0.1) is 0 Å². The predicted octanol–water partition coefficient (Wildman–Crippen LogP) is 4.47. The Labute approximate surface area is 156 Å². The predicted molar refractivity (Wildman–Crippen MR) is 97.5 cm³/mol. The molecule has 1 aliphatic rings. The Bertz CT molecular complexity index is 807. The van der Waals surface area contributed by atoms with Crippen molar-refractivity contribution in [3.63, 3.8) is 0 Å². The van der Waals surface area contributed by atoms with E-state index in [2.05, 4.69) is 15.6 Å². The average molecular weight is 380 g/mol. The molecule has 1 aromatic heterocycles. The molecule has 0 bridgehead atoms. The van der Waals surface area contributed by atoms with Gasteiger partial charge in [-0.05, 0) is 62.4 Å². The molecule has 1 aliphatic carbocycles. The van der Waals surface area contributed by atoms with Crippen molar-refractivity contribution >= 4 is 23.3 Å². The van der Waals surface area contributed by atoms with Crippen molar-refractivity contribution in [2.45, 2.75) is 44.7 Å². The van der Waals surface area contributed by atoms with Crippen molar-refractivity contribution in [3.05, 3.63) is 58.2 Å². The number of aromatic nitrogens is 1. The monoisotopic (exact) mass is 379 g/mol. The lowest BCUT2D eigenvalue weighted by Crippen LogP contribution is -2.40. The third kappa shape index (κ3) is 4.30. The first-order valence-electron chi connectivity index (χ1n) is 8.57. The number of aryl methyl sites for hydroxylation is 1. The van der Waals surface area contributed by atoms with Gasteiger partial charge in [-0.25, -0.2) is 13.8 Å². The van der Waals surface area contributed by atoms with Gasteiger partial charge in [-0.3, -0.25) is 4.79 Å². The summed E-state index contributed by atoms with van der Waals surface area (Å²) in [5, 5.41) is 6.03. The van der Waals surface area contributed by atoms with Crippen LogP contribution in [0.3, 0.4) is 0 Å². The highest BCUT2D eigenvalue weighted by atomic mass is 35.5. The van der Waals surface area contributed by atoms with Crippen LogP contribution in [0.2, 0.25) is 5.02 Å². The molecule has 0 aliphatic heterocycles. The van der Waals surface area contributed by atoms with Crippen LogP contribution in [-0.4, -0.2) is 23.0 Å². The van der Waals surface area contributed by atoms with Gasteiger partial charge in [0.25, 0.3) is 5.91 Å². The van der Waals surface area contributed by atoms with E-state index in [0.29, 0.717) is 11.1 Å². The number of halogens is 3. The highest BCUT2D eigenvalue weighted by molar-refractivity contribution is 6.31. The minimum atomic E-state index is -0.549. The number of carbonyl (C=O) groups is 1. The lowest BCUT2D eigenvalue weighted by Gasteiger charge is -2.30. The Morgan fingerprint density at radius 3 is 2.54 bits per heavy atom. The zero-order chi connectivity index (χ0) is 18.7. The zero-order valence-electron chi connectivity index (χ0n) is 14.4. The Hall–Kier alpha value is -2.21. The summed E-state index contributed by atoms with van der Waals surface area (Å²) in [6.45, 7) is 1.70. The number of nitrogens with one attached hydrogen (secondary N) is 2. The van der Waals surface area contributed by atoms with Gasteiger partial charge >= 0.3 is 0 Å². The lowest BCUT2D eigenvalue weighted by atomic mass is 9.91. The maximum atomic E-state index is 14.0. The molecule has 1 amide bonds. The molecular formula is C19H20ClF2N3O. The fraction of sp³-hybridized carbons (Fsp3) is 0.368. The first-order chi connectivity index (χ1) is 12.4. The largest absolute Gasteiger partial charge is 0.365 e. The lowest BCUT2D eigenvalue weighted by molar-refractivity contribution is 0.0926. The molecule has 1 fully saturated rings. The minimum absolute atomic E-state index is 0.0275. The molecule has 26 heavy (non-hydrogen) atoms. The number of pyridine rings is 1. The maximum absolute atomic E-state index is 14.0. The summed E-state index contributed by atoms with van der Waals surface area (Å²) in [6.07, 6.45) is 4.71. The number of hydrogen-bond acceptors (Lipinski definition) is 3. The Morgan fingerprint density at radius 1 is 1.15 bits per heavy atom. The van der Waals surface area contributed by atoms with Crippen LogP contribution in [0.15, 0.2) is 30.5 Å². The molecule has 1 heterocycles. The molecule has 7 heteroatoms. The molecule has 0 saturated heterocycles. The second kappa shape index (κ2) is 7.99. The Balaban J connectivity index is 1.52. The van der Waals surface area contributed by atoms with E-state index in [1.54, 1.807) is 19.2 Å². The summed E-state index contributed by atoms with van der Waals surface area (Å²) >= 11 is 5.72. The highest BCUT2D eigenvalue weighted by Gasteiger charge is 2.24. The minimum Gasteiger partial charge on any atom is -0.365 e. The summed E-state index contributed by atoms with van der Waals surface area (Å²) < 4.78 is 27.2. The van der Waals surface area contributed by atoms with E-state index in [-0.39, 0.29) is 34.6 Å². The summed E-state index contributed by atoms with van der Waals surface area (Å²) in [7, 11) is 0. The van der Waals surface area contributed by atoms with E-state index in [0.717, 1.165) is 25.7 Å². The van der Waals surface area contributed by atoms with Crippen molar-refractivity contribution in [2.24, 2.45) is 0 Å². The molecule has 4 nitrogen and oxygen atoms in total. The van der Waals surface area contributed by atoms with Crippen LogP contribution in [-0.2, 0) is 0 Å². The van der Waals surface area contributed by atoms with E-state index >= 15 is 0 Å². The third-order valence-electron chi connectivity index (χ3n) is 4.67. The Kier molecular flexibility index (Phi) is 5.71. The van der Waals surface area contributed by atoms with Crippen molar-refractivity contribution < 1.29 is 13.6 Å². The Morgan fingerprint density at radius 2 is 1.85 bits per heavy atom. The SMILES string of the molecule is Cc1ccnc(NC2CCC(NC(=O)c3ccc(F)c(Cl)c3)CC2)c1F. The normalized spacial score (nSPS) is 19.8. The van der Waals surface area contributed by atoms with E-state index < -0.39 is 5.82 Å². The van der Waals surface area contributed by atoms with Crippen LogP contribution in [0.4, 0.5) is 14.6 Å². The van der Waals surface area contributed by atoms with Gasteiger partial charge in [-0.2, -0.15) is 0 Å². The van der Waals surface area contributed by atoms with Gasteiger partial charge < -0.3 is 10.6 Å². The molecule has 0 atom stereocenters. The third-order valence-corrected chi connectivity index (χ3v) is 4.96. The molecule has 0 radical (unpaired) electrons. The molecule has 2 aromatic rings. The van der Waals surface area contributed by atoms with Crippen LogP contribution < -0.4 is 10.6 Å². The molecule has 1 aromatic carbocycles. The highest BCUT2D eigenvalue weighted by Crippen LogP contribution is 2.24. The molecule has 0 unspecified atom stereocenters. The topological polar surface area (TPSA) is 54.0 Å². The number of hydrogen-bond donors (Lipinski definition) is 2. The number of amides is 1. The summed E-state index contributed by atoms with van der Waals surface area (Å²) in [5.74, 6) is -0.865. The van der Waals surface area contributed by atoms with Crippen molar-refractivity contribution in [2.75, 3.05) is 5.32 Å². The second-order valence-electron chi connectivity index (χ2n) is 6.59. The first kappa shape index (κ1) is 18.6. The van der Waals surface area contributed by atoms with Gasteiger partial charge in [0, 0.05) is 23.8 Å². The molecule has 138 valence electrons. The smallest absolute Gasteiger partial charge is 0.251 e. The van der Waals surface area contributed by atoms with E-state index in [1.807, 2.05) is 0 Å². The van der Waals surface area contributed by atoms with Gasteiger partial charge in [-0.1, -0.05) is 11.6 Å².